The number of pyridine rings is 1. The first kappa shape index (κ1) is 28.1. The molecule has 13 heteroatoms. The molecule has 1 amide bonds. The van der Waals surface area contributed by atoms with Gasteiger partial charge in [-0.3, -0.25) is 4.79 Å². The van der Waals surface area contributed by atoms with Crippen molar-refractivity contribution >= 4 is 11.7 Å². The summed E-state index contributed by atoms with van der Waals surface area (Å²) in [5, 5.41) is 7.43. The number of aryl methyl sites for hydroxylation is 2. The molecule has 2 aromatic heterocycles. The lowest BCUT2D eigenvalue weighted by molar-refractivity contribution is -0.131. The molecular weight excluding hydrogens is 520 g/mol. The lowest BCUT2D eigenvalue weighted by Gasteiger charge is -2.22. The zero-order valence-electron chi connectivity index (χ0n) is 22.2. The Hall–Kier alpha value is -3.90. The van der Waals surface area contributed by atoms with Crippen LogP contribution in [0, 0.1) is 6.92 Å². The highest BCUT2D eigenvalue weighted by molar-refractivity contribution is 5.84. The maximum Gasteiger partial charge on any atom is 0.387 e. The van der Waals surface area contributed by atoms with Crippen molar-refractivity contribution in [3.63, 3.8) is 0 Å². The van der Waals surface area contributed by atoms with Crippen LogP contribution in [0.3, 0.4) is 0 Å². The van der Waals surface area contributed by atoms with Crippen LogP contribution in [0.25, 0.3) is 11.4 Å². The van der Waals surface area contributed by atoms with Crippen molar-refractivity contribution in [1.82, 2.24) is 24.6 Å². The molecule has 0 spiro atoms. The number of benzene rings is 1. The van der Waals surface area contributed by atoms with Crippen molar-refractivity contribution in [1.29, 1.82) is 0 Å². The third-order valence-electron chi connectivity index (χ3n) is 6.57. The Labute approximate surface area is 223 Å². The number of ether oxygens (including phenoxy) is 2. The molecule has 4 rings (SSSR count). The van der Waals surface area contributed by atoms with Crippen LogP contribution in [0.1, 0.15) is 43.3 Å². The molecular formula is C26H30F4N6O3. The number of rotatable bonds is 9. The van der Waals surface area contributed by atoms with Crippen LogP contribution >= 0.6 is 0 Å². The van der Waals surface area contributed by atoms with E-state index in [0.717, 1.165) is 11.6 Å². The number of carbonyl (C=O) groups excluding carboxylic acids is 1. The number of anilines is 1. The van der Waals surface area contributed by atoms with Gasteiger partial charge in [0.1, 0.15) is 17.3 Å². The van der Waals surface area contributed by atoms with Gasteiger partial charge in [0.25, 0.3) is 0 Å². The van der Waals surface area contributed by atoms with E-state index in [-0.39, 0.29) is 23.5 Å². The van der Waals surface area contributed by atoms with Gasteiger partial charge in [-0.15, -0.1) is 0 Å². The summed E-state index contributed by atoms with van der Waals surface area (Å²) in [7, 11) is 2.82. The summed E-state index contributed by atoms with van der Waals surface area (Å²) in [6, 6.07) is 7.75. The quantitative estimate of drug-likeness (QED) is 0.385. The molecule has 0 saturated carbocycles. The summed E-state index contributed by atoms with van der Waals surface area (Å²) in [6.45, 7) is 2.16. The average Bonchev–Trinajstić information content (AvgIpc) is 3.49. The van der Waals surface area contributed by atoms with Crippen LogP contribution in [0.15, 0.2) is 30.3 Å². The van der Waals surface area contributed by atoms with Crippen molar-refractivity contribution in [2.24, 2.45) is 7.05 Å². The van der Waals surface area contributed by atoms with Gasteiger partial charge in [-0.2, -0.15) is 22.7 Å². The lowest BCUT2D eigenvalue weighted by atomic mass is 9.99. The first-order chi connectivity index (χ1) is 18.3. The molecule has 39 heavy (non-hydrogen) atoms. The first-order valence-corrected chi connectivity index (χ1v) is 12.3. The maximum absolute atomic E-state index is 13.8. The lowest BCUT2D eigenvalue weighted by Crippen LogP contribution is -2.34. The number of halogens is 4. The normalized spacial score (nSPS) is 16.5. The Balaban J connectivity index is 1.42. The summed E-state index contributed by atoms with van der Waals surface area (Å²) in [5.41, 5.74) is 1.61. The number of aromatic nitrogens is 4. The molecule has 0 unspecified atom stereocenters. The van der Waals surface area contributed by atoms with E-state index in [1.165, 1.54) is 26.3 Å². The monoisotopic (exact) mass is 550 g/mol. The van der Waals surface area contributed by atoms with Gasteiger partial charge in [0.15, 0.2) is 11.6 Å². The molecule has 9 nitrogen and oxygen atoms in total. The van der Waals surface area contributed by atoms with Crippen LogP contribution in [0.2, 0.25) is 0 Å². The molecule has 3 heterocycles. The zero-order valence-corrected chi connectivity index (χ0v) is 22.2. The molecule has 0 bridgehead atoms. The maximum atomic E-state index is 13.8. The summed E-state index contributed by atoms with van der Waals surface area (Å²) in [6.07, 6.45) is 0.676. The number of hydrogen-bond donors (Lipinski definition) is 1. The number of hydrogen-bond acceptors (Lipinski definition) is 7. The zero-order chi connectivity index (χ0) is 28.5. The average molecular weight is 551 g/mol. The fourth-order valence-corrected chi connectivity index (χ4v) is 4.59. The van der Waals surface area contributed by atoms with E-state index in [1.807, 2.05) is 0 Å². The summed E-state index contributed by atoms with van der Waals surface area (Å²) in [4.78, 5) is 23.5. The topological polar surface area (TPSA) is 94.4 Å². The molecule has 1 saturated heterocycles. The number of methoxy groups -OCH3 is 1. The van der Waals surface area contributed by atoms with Crippen molar-refractivity contribution < 1.29 is 31.8 Å². The number of likely N-dealkylation sites (tertiary alicyclic amines) is 1. The van der Waals surface area contributed by atoms with E-state index < -0.39 is 24.3 Å². The number of nitrogens with zero attached hydrogens (tertiary/aromatic N) is 5. The molecule has 1 aliphatic heterocycles. The van der Waals surface area contributed by atoms with Crippen LogP contribution in [0.4, 0.5) is 23.4 Å². The highest BCUT2D eigenvalue weighted by Gasteiger charge is 2.32. The van der Waals surface area contributed by atoms with Gasteiger partial charge >= 0.3 is 12.5 Å². The van der Waals surface area contributed by atoms with E-state index in [9.17, 15) is 22.4 Å². The molecule has 1 fully saturated rings. The van der Waals surface area contributed by atoms with E-state index in [4.69, 9.17) is 4.74 Å². The second-order valence-electron chi connectivity index (χ2n) is 9.56. The van der Waals surface area contributed by atoms with E-state index in [0.29, 0.717) is 47.9 Å². The van der Waals surface area contributed by atoms with Gasteiger partial charge in [-0.05, 0) is 50.1 Å². The van der Waals surface area contributed by atoms with Crippen molar-refractivity contribution in [3.05, 3.63) is 47.4 Å². The van der Waals surface area contributed by atoms with E-state index in [1.54, 1.807) is 36.9 Å². The Morgan fingerprint density at radius 3 is 2.51 bits per heavy atom. The van der Waals surface area contributed by atoms with Gasteiger partial charge in [0, 0.05) is 44.7 Å². The van der Waals surface area contributed by atoms with Gasteiger partial charge in [0.2, 0.25) is 5.91 Å². The molecule has 1 aliphatic rings. The summed E-state index contributed by atoms with van der Waals surface area (Å²) < 4.78 is 63.7. The largest absolute Gasteiger partial charge is 0.497 e. The standard InChI is InChI=1S/C26H30F4N6O3/c1-14(16-10-18(38-5)12-19(11-16)39-25(27)28)23(37)36-9-8-17(13-36)32-21-7-6-20(15(2)31-21)22-33-24(26(3,29)30)35(4)34-22/h6-7,10-12,14,17,25H,8-9,13H2,1-5H3,(H,31,32)/t14-,17-/m0/s1. The SMILES string of the molecule is COc1cc(OC(F)F)cc([C@H](C)C(=O)N2CC[C@H](Nc3ccc(-c4nc(C(C)(F)F)n(C)n4)c(C)n3)C2)c1. The van der Waals surface area contributed by atoms with Crippen molar-refractivity contribution in [3.8, 4) is 22.9 Å². The molecule has 1 N–H and O–H groups in total. The molecule has 210 valence electrons. The number of nitrogens with one attached hydrogen (secondary N) is 1. The Bertz CT molecular complexity index is 1340. The molecule has 0 aliphatic carbocycles. The fraction of sp³-hybridized carbons (Fsp3) is 0.462. The highest BCUT2D eigenvalue weighted by atomic mass is 19.3. The predicted molar refractivity (Wildman–Crippen MR) is 135 cm³/mol. The van der Waals surface area contributed by atoms with Crippen molar-refractivity contribution in [2.45, 2.75) is 51.7 Å². The first-order valence-electron chi connectivity index (χ1n) is 12.3. The Kier molecular flexibility index (Phi) is 7.98. The molecule has 0 radical (unpaired) electrons. The number of alkyl halides is 4. The van der Waals surface area contributed by atoms with Crippen LogP contribution in [-0.2, 0) is 17.8 Å². The van der Waals surface area contributed by atoms with Crippen LogP contribution < -0.4 is 14.8 Å². The van der Waals surface area contributed by atoms with Gasteiger partial charge in [-0.25, -0.2) is 14.6 Å². The minimum Gasteiger partial charge on any atom is -0.497 e. The van der Waals surface area contributed by atoms with E-state index in [2.05, 4.69) is 25.1 Å². The minimum atomic E-state index is -3.12. The highest BCUT2D eigenvalue weighted by Crippen LogP contribution is 2.31. The number of amides is 1. The second-order valence-corrected chi connectivity index (χ2v) is 9.56. The van der Waals surface area contributed by atoms with Gasteiger partial charge in [-0.1, -0.05) is 0 Å². The van der Waals surface area contributed by atoms with Gasteiger partial charge in [0.05, 0.1) is 18.7 Å². The minimum absolute atomic E-state index is 0.0692. The third kappa shape index (κ3) is 6.40. The molecule has 2 atom stereocenters. The smallest absolute Gasteiger partial charge is 0.387 e. The van der Waals surface area contributed by atoms with Crippen LogP contribution in [0.5, 0.6) is 11.5 Å². The molecule has 3 aromatic rings. The predicted octanol–water partition coefficient (Wildman–Crippen LogP) is 4.72. The fourth-order valence-electron chi connectivity index (χ4n) is 4.59. The van der Waals surface area contributed by atoms with E-state index >= 15 is 0 Å². The summed E-state index contributed by atoms with van der Waals surface area (Å²) in [5.74, 6) is -3.35. The Morgan fingerprint density at radius 1 is 1.18 bits per heavy atom. The number of carbonyl (C=O) groups is 1. The third-order valence-corrected chi connectivity index (χ3v) is 6.57. The molecule has 1 aromatic carbocycles. The second kappa shape index (κ2) is 11.1. The summed E-state index contributed by atoms with van der Waals surface area (Å²) >= 11 is 0. The van der Waals surface area contributed by atoms with Gasteiger partial charge < -0.3 is 19.7 Å². The van der Waals surface area contributed by atoms with Crippen LogP contribution in [-0.4, -0.2) is 63.4 Å². The van der Waals surface area contributed by atoms with Crippen molar-refractivity contribution in [2.75, 3.05) is 25.5 Å². The Morgan fingerprint density at radius 2 is 1.90 bits per heavy atom.